The third-order valence-electron chi connectivity index (χ3n) is 3.87. The molecule has 2 rings (SSSR count). The van der Waals surface area contributed by atoms with Crippen LogP contribution in [0.25, 0.3) is 6.08 Å². The molecule has 0 aliphatic carbocycles. The van der Waals surface area contributed by atoms with Gasteiger partial charge in [0.2, 0.25) is 0 Å². The maximum atomic E-state index is 12.1. The first-order chi connectivity index (χ1) is 11.5. The molecule has 0 amide bonds. The van der Waals surface area contributed by atoms with E-state index < -0.39 is 23.5 Å². The minimum atomic E-state index is -1.39. The molecule has 0 unspecified atom stereocenters. The molecule has 0 bridgehead atoms. The highest BCUT2D eigenvalue weighted by molar-refractivity contribution is 6.25. The molecule has 5 heteroatoms. The Morgan fingerprint density at radius 3 is 2.33 bits per heavy atom. The molecule has 5 nitrogen and oxygen atoms in total. The van der Waals surface area contributed by atoms with Crippen molar-refractivity contribution >= 4 is 29.3 Å². The molecule has 0 aromatic heterocycles. The summed E-state index contributed by atoms with van der Waals surface area (Å²) in [6.45, 7) is 7.52. The van der Waals surface area contributed by atoms with Crippen LogP contribution in [0.2, 0.25) is 0 Å². The number of ether oxygens (including phenoxy) is 1. The second-order valence-corrected chi connectivity index (χ2v) is 5.51. The summed E-state index contributed by atoms with van der Waals surface area (Å²) in [6.07, 6.45) is 4.03. The molecule has 1 aromatic carbocycles. The molecule has 1 aliphatic heterocycles. The van der Waals surface area contributed by atoms with Crippen molar-refractivity contribution < 1.29 is 19.1 Å². The zero-order chi connectivity index (χ0) is 17.7. The highest BCUT2D eigenvalue weighted by atomic mass is 16.5. The van der Waals surface area contributed by atoms with E-state index in [4.69, 9.17) is 4.74 Å². The van der Waals surface area contributed by atoms with Crippen molar-refractivity contribution in [3.05, 3.63) is 47.7 Å². The molecule has 0 saturated carbocycles. The van der Waals surface area contributed by atoms with Gasteiger partial charge in [-0.2, -0.15) is 0 Å². The molecule has 0 N–H and O–H groups in total. The number of anilines is 1. The number of rotatable bonds is 6. The summed E-state index contributed by atoms with van der Waals surface area (Å²) in [5.74, 6) is -3.09. The van der Waals surface area contributed by atoms with Gasteiger partial charge in [0.15, 0.2) is 17.5 Å². The van der Waals surface area contributed by atoms with Crippen molar-refractivity contribution in [1.82, 2.24) is 0 Å². The van der Waals surface area contributed by atoms with E-state index in [9.17, 15) is 14.4 Å². The predicted molar refractivity (Wildman–Crippen MR) is 92.4 cm³/mol. The highest BCUT2D eigenvalue weighted by Gasteiger charge is 2.36. The number of benzene rings is 1. The van der Waals surface area contributed by atoms with Crippen LogP contribution in [0.1, 0.15) is 26.3 Å². The van der Waals surface area contributed by atoms with E-state index in [1.54, 1.807) is 6.08 Å². The van der Waals surface area contributed by atoms with Crippen molar-refractivity contribution in [2.45, 2.75) is 20.8 Å². The number of allylic oxidation sites excluding steroid dienone is 3. The summed E-state index contributed by atoms with van der Waals surface area (Å²) in [5.41, 5.74) is 1.93. The van der Waals surface area contributed by atoms with Crippen molar-refractivity contribution in [1.29, 1.82) is 0 Å². The van der Waals surface area contributed by atoms with Gasteiger partial charge in [0.05, 0.1) is 0 Å². The molecular weight excluding hydrogens is 306 g/mol. The van der Waals surface area contributed by atoms with E-state index in [0.717, 1.165) is 24.3 Å². The molecule has 1 atom stereocenters. The largest absolute Gasteiger partial charge is 0.430 e. The van der Waals surface area contributed by atoms with Gasteiger partial charge in [-0.3, -0.25) is 14.4 Å². The Bertz CT molecular complexity index is 697. The summed E-state index contributed by atoms with van der Waals surface area (Å²) >= 11 is 0. The lowest BCUT2D eigenvalue weighted by Crippen LogP contribution is -2.34. The number of ketones is 2. The van der Waals surface area contributed by atoms with E-state index in [2.05, 4.69) is 18.7 Å². The maximum Gasteiger partial charge on any atom is 0.329 e. The van der Waals surface area contributed by atoms with Crippen LogP contribution in [0.3, 0.4) is 0 Å². The smallest absolute Gasteiger partial charge is 0.329 e. The number of esters is 1. The second kappa shape index (κ2) is 7.73. The first-order valence-corrected chi connectivity index (χ1v) is 7.97. The minimum absolute atomic E-state index is 0.213. The monoisotopic (exact) mass is 327 g/mol. The van der Waals surface area contributed by atoms with Crippen molar-refractivity contribution in [2.75, 3.05) is 18.0 Å². The summed E-state index contributed by atoms with van der Waals surface area (Å²) in [7, 11) is 0. The van der Waals surface area contributed by atoms with E-state index in [-0.39, 0.29) is 5.76 Å². The fourth-order valence-corrected chi connectivity index (χ4v) is 2.56. The molecule has 0 spiro atoms. The number of hydrogen-bond donors (Lipinski definition) is 0. The van der Waals surface area contributed by atoms with Crippen LogP contribution < -0.4 is 4.90 Å². The van der Waals surface area contributed by atoms with E-state index in [1.165, 1.54) is 19.1 Å². The minimum Gasteiger partial charge on any atom is -0.430 e. The standard InChI is InChI=1S/C19H21NO4/c1-4-20(5-2)15-9-6-14(7-10-15)8-11-16(21)18-17(22)12-13(3)24-19(18)23/h6-12,18H,4-5H2,1-3H3/b11-8+/t18-/m1/s1. The average Bonchev–Trinajstić information content (AvgIpc) is 2.54. The maximum absolute atomic E-state index is 12.1. The summed E-state index contributed by atoms with van der Waals surface area (Å²) in [6, 6.07) is 7.73. The van der Waals surface area contributed by atoms with Gasteiger partial charge in [-0.05, 0) is 44.5 Å². The Morgan fingerprint density at radius 2 is 1.79 bits per heavy atom. The van der Waals surface area contributed by atoms with Crippen LogP contribution >= 0.6 is 0 Å². The molecule has 126 valence electrons. The van der Waals surface area contributed by atoms with Gasteiger partial charge < -0.3 is 9.64 Å². The van der Waals surface area contributed by atoms with Crippen LogP contribution in [-0.4, -0.2) is 30.6 Å². The van der Waals surface area contributed by atoms with Crippen molar-refractivity contribution in [3.8, 4) is 0 Å². The average molecular weight is 327 g/mol. The predicted octanol–water partition coefficient (Wildman–Crippen LogP) is 2.76. The molecule has 0 fully saturated rings. The van der Waals surface area contributed by atoms with E-state index in [1.807, 2.05) is 24.3 Å². The molecular formula is C19H21NO4. The van der Waals surface area contributed by atoms with Gasteiger partial charge in [0, 0.05) is 24.9 Å². The highest BCUT2D eigenvalue weighted by Crippen LogP contribution is 2.18. The number of hydrogen-bond acceptors (Lipinski definition) is 5. The van der Waals surface area contributed by atoms with Gasteiger partial charge in [-0.15, -0.1) is 0 Å². The lowest BCUT2D eigenvalue weighted by Gasteiger charge is -2.20. The number of nitrogens with zero attached hydrogens (tertiary/aromatic N) is 1. The Labute approximate surface area is 141 Å². The molecule has 0 radical (unpaired) electrons. The fraction of sp³-hybridized carbons (Fsp3) is 0.316. The first-order valence-electron chi connectivity index (χ1n) is 7.97. The fourth-order valence-electron chi connectivity index (χ4n) is 2.56. The SMILES string of the molecule is CCN(CC)c1ccc(/C=C/C(=O)[C@@H]2C(=O)C=C(C)OC2=O)cc1. The topological polar surface area (TPSA) is 63.7 Å². The van der Waals surface area contributed by atoms with Gasteiger partial charge in [-0.25, -0.2) is 0 Å². The van der Waals surface area contributed by atoms with Gasteiger partial charge >= 0.3 is 5.97 Å². The van der Waals surface area contributed by atoms with Crippen LogP contribution in [0.15, 0.2) is 42.2 Å². The third-order valence-corrected chi connectivity index (χ3v) is 3.87. The number of carbonyl (C=O) groups is 3. The summed E-state index contributed by atoms with van der Waals surface area (Å²) in [4.78, 5) is 37.9. The van der Waals surface area contributed by atoms with Gasteiger partial charge in [-0.1, -0.05) is 18.2 Å². The van der Waals surface area contributed by atoms with E-state index in [0.29, 0.717) is 0 Å². The number of cyclic esters (lactones) is 1. The summed E-state index contributed by atoms with van der Waals surface area (Å²) < 4.78 is 4.85. The van der Waals surface area contributed by atoms with Crippen LogP contribution in [0, 0.1) is 5.92 Å². The lowest BCUT2D eigenvalue weighted by atomic mass is 9.96. The number of carbonyl (C=O) groups excluding carboxylic acids is 3. The Morgan fingerprint density at radius 1 is 1.17 bits per heavy atom. The Hall–Kier alpha value is -2.69. The zero-order valence-corrected chi connectivity index (χ0v) is 14.1. The molecule has 0 saturated heterocycles. The van der Waals surface area contributed by atoms with Crippen LogP contribution in [0.5, 0.6) is 0 Å². The summed E-state index contributed by atoms with van der Waals surface area (Å²) in [5, 5.41) is 0. The van der Waals surface area contributed by atoms with Crippen molar-refractivity contribution in [2.24, 2.45) is 5.92 Å². The quantitative estimate of drug-likeness (QED) is 0.457. The Kier molecular flexibility index (Phi) is 5.68. The van der Waals surface area contributed by atoms with Crippen molar-refractivity contribution in [3.63, 3.8) is 0 Å². The molecule has 1 heterocycles. The normalized spacial score (nSPS) is 17.6. The molecule has 1 aromatic rings. The zero-order valence-electron chi connectivity index (χ0n) is 14.1. The van der Waals surface area contributed by atoms with Crippen LogP contribution in [-0.2, 0) is 19.1 Å². The van der Waals surface area contributed by atoms with E-state index >= 15 is 0 Å². The van der Waals surface area contributed by atoms with Crippen LogP contribution in [0.4, 0.5) is 5.69 Å². The third kappa shape index (κ3) is 3.98. The first kappa shape index (κ1) is 17.7. The Balaban J connectivity index is 2.09. The lowest BCUT2D eigenvalue weighted by molar-refractivity contribution is -0.151. The molecule has 24 heavy (non-hydrogen) atoms. The molecule has 1 aliphatic rings. The second-order valence-electron chi connectivity index (χ2n) is 5.51. The van der Waals surface area contributed by atoms with Gasteiger partial charge in [0.25, 0.3) is 0 Å². The van der Waals surface area contributed by atoms with Gasteiger partial charge in [0.1, 0.15) is 5.76 Å².